The summed E-state index contributed by atoms with van der Waals surface area (Å²) in [5.74, 6) is -1.13. The molecule has 0 aliphatic heterocycles. The molecule has 2 aromatic heterocycles. The first-order valence-electron chi connectivity index (χ1n) is 5.61. The molecule has 20 heavy (non-hydrogen) atoms. The smallest absolute Gasteiger partial charge is 0.345 e. The van der Waals surface area contributed by atoms with E-state index in [1.54, 1.807) is 30.9 Å². The van der Waals surface area contributed by atoms with Gasteiger partial charge < -0.3 is 5.11 Å². The molecule has 0 unspecified atom stereocenters. The Kier molecular flexibility index (Phi) is 3.93. The lowest BCUT2D eigenvalue weighted by Crippen LogP contribution is -2.23. The van der Waals surface area contributed by atoms with E-state index < -0.39 is 16.0 Å². The first kappa shape index (κ1) is 14.7. The molecule has 9 heteroatoms. The highest BCUT2D eigenvalue weighted by Crippen LogP contribution is 2.25. The molecule has 0 radical (unpaired) electrons. The van der Waals surface area contributed by atoms with Crippen molar-refractivity contribution >= 4 is 27.3 Å². The van der Waals surface area contributed by atoms with Crippen LogP contribution in [0.3, 0.4) is 0 Å². The lowest BCUT2D eigenvalue weighted by molar-refractivity contribution is 0.0702. The molecular weight excluding hydrogens is 302 g/mol. The van der Waals surface area contributed by atoms with Crippen molar-refractivity contribution in [2.24, 2.45) is 7.05 Å². The van der Waals surface area contributed by atoms with E-state index in [1.165, 1.54) is 6.07 Å². The molecule has 0 spiro atoms. The minimum atomic E-state index is -3.74. The van der Waals surface area contributed by atoms with E-state index in [1.807, 2.05) is 0 Å². The first-order chi connectivity index (χ1) is 9.29. The lowest BCUT2D eigenvalue weighted by atomic mass is 10.4. The van der Waals surface area contributed by atoms with E-state index in [0.717, 1.165) is 11.3 Å². The van der Waals surface area contributed by atoms with Crippen molar-refractivity contribution < 1.29 is 18.3 Å². The summed E-state index contributed by atoms with van der Waals surface area (Å²) in [5, 5.41) is 12.9. The van der Waals surface area contributed by atoms with Crippen molar-refractivity contribution in [3.63, 3.8) is 0 Å². The predicted molar refractivity (Wildman–Crippen MR) is 73.2 cm³/mol. The Labute approximate surface area is 119 Å². The number of rotatable bonds is 5. The molecule has 7 nitrogen and oxygen atoms in total. The molecule has 2 aromatic rings. The molecule has 108 valence electrons. The number of carbonyl (C=O) groups is 1. The number of aromatic carboxylic acids is 1. The lowest BCUT2D eigenvalue weighted by Gasteiger charge is -2.04. The van der Waals surface area contributed by atoms with Gasteiger partial charge in [0.1, 0.15) is 4.88 Å². The molecule has 0 atom stereocenters. The molecule has 0 fully saturated rings. The molecule has 0 bridgehead atoms. The van der Waals surface area contributed by atoms with Crippen molar-refractivity contribution in [1.82, 2.24) is 14.5 Å². The van der Waals surface area contributed by atoms with Crippen LogP contribution in [0.25, 0.3) is 0 Å². The maximum atomic E-state index is 12.1. The van der Waals surface area contributed by atoms with E-state index in [9.17, 15) is 13.2 Å². The van der Waals surface area contributed by atoms with Gasteiger partial charge in [0.05, 0.1) is 17.1 Å². The SMILES string of the molecule is Cc1sc(C(=O)O)cc1S(=O)(=O)NCc1ccn(C)n1. The summed E-state index contributed by atoms with van der Waals surface area (Å²) in [7, 11) is -2.01. The van der Waals surface area contributed by atoms with Gasteiger partial charge in [0.2, 0.25) is 10.0 Å². The second-order valence-corrected chi connectivity index (χ2v) is 7.13. The van der Waals surface area contributed by atoms with Crippen LogP contribution >= 0.6 is 11.3 Å². The van der Waals surface area contributed by atoms with Gasteiger partial charge in [-0.15, -0.1) is 11.3 Å². The van der Waals surface area contributed by atoms with Crippen molar-refractivity contribution in [1.29, 1.82) is 0 Å². The average Bonchev–Trinajstić information content (AvgIpc) is 2.93. The Morgan fingerprint density at radius 3 is 2.75 bits per heavy atom. The summed E-state index contributed by atoms with van der Waals surface area (Å²) in [6.07, 6.45) is 1.71. The number of hydrogen-bond acceptors (Lipinski definition) is 5. The Balaban J connectivity index is 2.20. The molecule has 2 rings (SSSR count). The van der Waals surface area contributed by atoms with Crippen LogP contribution in [0.2, 0.25) is 0 Å². The van der Waals surface area contributed by atoms with Crippen molar-refractivity contribution in [3.8, 4) is 0 Å². The Bertz CT molecular complexity index is 746. The summed E-state index contributed by atoms with van der Waals surface area (Å²) < 4.78 is 28.3. The Morgan fingerprint density at radius 1 is 1.55 bits per heavy atom. The predicted octanol–water partition coefficient (Wildman–Crippen LogP) is 0.967. The van der Waals surface area contributed by atoms with Crippen LogP contribution in [0.4, 0.5) is 0 Å². The molecule has 2 N–H and O–H groups in total. The second kappa shape index (κ2) is 5.35. The highest BCUT2D eigenvalue weighted by Gasteiger charge is 2.22. The fraction of sp³-hybridized carbons (Fsp3) is 0.273. The fourth-order valence-electron chi connectivity index (χ4n) is 1.64. The third-order valence-electron chi connectivity index (χ3n) is 2.58. The van der Waals surface area contributed by atoms with Gasteiger partial charge >= 0.3 is 5.97 Å². The summed E-state index contributed by atoms with van der Waals surface area (Å²) in [6, 6.07) is 2.87. The van der Waals surface area contributed by atoms with Gasteiger partial charge in [0.25, 0.3) is 0 Å². The normalized spacial score (nSPS) is 11.7. The van der Waals surface area contributed by atoms with Gasteiger partial charge in [-0.2, -0.15) is 5.10 Å². The molecule has 2 heterocycles. The zero-order valence-electron chi connectivity index (χ0n) is 10.8. The number of hydrogen-bond donors (Lipinski definition) is 2. The third kappa shape index (κ3) is 3.06. The van der Waals surface area contributed by atoms with Gasteiger partial charge in [-0.05, 0) is 19.1 Å². The zero-order chi connectivity index (χ0) is 14.9. The number of thiophene rings is 1. The number of aryl methyl sites for hydroxylation is 2. The molecule has 0 saturated heterocycles. The molecule has 0 saturated carbocycles. The topological polar surface area (TPSA) is 101 Å². The van der Waals surface area contributed by atoms with Gasteiger partial charge in [-0.3, -0.25) is 4.68 Å². The van der Waals surface area contributed by atoms with E-state index >= 15 is 0 Å². The van der Waals surface area contributed by atoms with E-state index in [2.05, 4.69) is 9.82 Å². The number of carboxylic acid groups (broad SMARTS) is 1. The summed E-state index contributed by atoms with van der Waals surface area (Å²) in [4.78, 5) is 11.3. The largest absolute Gasteiger partial charge is 0.477 e. The quantitative estimate of drug-likeness (QED) is 0.856. The maximum Gasteiger partial charge on any atom is 0.345 e. The minimum Gasteiger partial charge on any atom is -0.477 e. The highest BCUT2D eigenvalue weighted by molar-refractivity contribution is 7.89. The Hall–Kier alpha value is -1.71. The van der Waals surface area contributed by atoms with Gasteiger partial charge in [-0.25, -0.2) is 17.9 Å². The van der Waals surface area contributed by atoms with Crippen LogP contribution < -0.4 is 4.72 Å². The van der Waals surface area contributed by atoms with Crippen LogP contribution in [0.15, 0.2) is 23.2 Å². The number of carboxylic acids is 1. The number of sulfonamides is 1. The highest BCUT2D eigenvalue weighted by atomic mass is 32.2. The minimum absolute atomic E-state index is 0.000658. The van der Waals surface area contributed by atoms with E-state index in [0.29, 0.717) is 10.6 Å². The molecule has 0 aliphatic carbocycles. The maximum absolute atomic E-state index is 12.1. The molecular formula is C11H13N3O4S2. The van der Waals surface area contributed by atoms with Gasteiger partial charge in [-0.1, -0.05) is 0 Å². The summed E-state index contributed by atoms with van der Waals surface area (Å²) in [5.41, 5.74) is 0.586. The average molecular weight is 315 g/mol. The summed E-state index contributed by atoms with van der Waals surface area (Å²) in [6.45, 7) is 1.63. The molecule has 0 aromatic carbocycles. The fourth-order valence-corrected chi connectivity index (χ4v) is 4.07. The number of nitrogens with zero attached hydrogens (tertiary/aromatic N) is 2. The van der Waals surface area contributed by atoms with Crippen LogP contribution in [-0.4, -0.2) is 29.3 Å². The Morgan fingerprint density at radius 2 is 2.25 bits per heavy atom. The van der Waals surface area contributed by atoms with E-state index in [4.69, 9.17) is 5.11 Å². The second-order valence-electron chi connectivity index (χ2n) is 4.14. The first-order valence-corrected chi connectivity index (χ1v) is 7.91. The van der Waals surface area contributed by atoms with Crippen LogP contribution in [0.1, 0.15) is 20.2 Å². The van der Waals surface area contributed by atoms with Crippen LogP contribution in [0.5, 0.6) is 0 Å². The third-order valence-corrected chi connectivity index (χ3v) is 5.28. The van der Waals surface area contributed by atoms with Crippen LogP contribution in [-0.2, 0) is 23.6 Å². The standard InChI is InChI=1S/C11H13N3O4S2/c1-7-10(5-9(19-7)11(15)16)20(17,18)12-6-8-3-4-14(2)13-8/h3-5,12H,6H2,1-2H3,(H,15,16). The van der Waals surface area contributed by atoms with Crippen molar-refractivity contribution in [2.75, 3.05) is 0 Å². The molecule has 0 amide bonds. The monoisotopic (exact) mass is 315 g/mol. The zero-order valence-corrected chi connectivity index (χ0v) is 12.5. The van der Waals surface area contributed by atoms with Crippen molar-refractivity contribution in [3.05, 3.63) is 33.8 Å². The summed E-state index contributed by atoms with van der Waals surface area (Å²) >= 11 is 0.937. The van der Waals surface area contributed by atoms with Crippen LogP contribution in [0, 0.1) is 6.92 Å². The van der Waals surface area contributed by atoms with E-state index in [-0.39, 0.29) is 16.3 Å². The molecule has 0 aliphatic rings. The number of aromatic nitrogens is 2. The van der Waals surface area contributed by atoms with Crippen molar-refractivity contribution in [2.45, 2.75) is 18.4 Å². The van der Waals surface area contributed by atoms with Gasteiger partial charge in [0, 0.05) is 18.1 Å². The number of nitrogens with one attached hydrogen (secondary N) is 1. The van der Waals surface area contributed by atoms with Gasteiger partial charge in [0.15, 0.2) is 0 Å².